The summed E-state index contributed by atoms with van der Waals surface area (Å²) in [4.78, 5) is 93.4. The number of aryl methyl sites for hydroxylation is 4. The third-order valence-corrected chi connectivity index (χ3v) is 13.9. The lowest BCUT2D eigenvalue weighted by atomic mass is 9.78. The van der Waals surface area contributed by atoms with E-state index < -0.39 is 76.1 Å². The van der Waals surface area contributed by atoms with E-state index >= 15 is 0 Å². The molecule has 0 bridgehead atoms. The summed E-state index contributed by atoms with van der Waals surface area (Å²) < 4.78 is 22.6. The highest BCUT2D eigenvalue weighted by Gasteiger charge is 2.57. The number of anilines is 1. The smallest absolute Gasteiger partial charge is 0.336 e. The molecule has 15 nitrogen and oxygen atoms in total. The van der Waals surface area contributed by atoms with Crippen LogP contribution in [0.15, 0.2) is 122 Å². The molecule has 4 heterocycles. The Morgan fingerprint density at radius 3 is 2.20 bits per heavy atom. The van der Waals surface area contributed by atoms with Crippen LogP contribution < -0.4 is 31.4 Å². The SMILES string of the molecule is Cc1cc(C)c(C(C)(C)CC(=O)Nc2ccc3c(C)cc(=O)oc3c2)c(OC(=O)CC(C(=O)N[C@@H]2C(=O)N3C(C(=O)O)C(/C=C\COc4ccc5c(C)cc(=O)oc5c4)CS[C@H]23)c2ccccc2)c1. The molecule has 0 radical (unpaired) electrons. The van der Waals surface area contributed by atoms with Crippen molar-refractivity contribution in [2.75, 3.05) is 17.7 Å². The molecule has 2 aliphatic rings. The van der Waals surface area contributed by atoms with Crippen LogP contribution in [0.3, 0.4) is 0 Å². The van der Waals surface area contributed by atoms with Crippen LogP contribution in [0.4, 0.5) is 5.69 Å². The van der Waals surface area contributed by atoms with Crippen LogP contribution >= 0.6 is 11.8 Å². The molecular weight excluding hydrogens is 903 g/mol. The molecule has 5 atom stereocenters. The number of nitrogens with one attached hydrogen (secondary N) is 2. The van der Waals surface area contributed by atoms with E-state index in [1.54, 1.807) is 91.9 Å². The topological polar surface area (TPSA) is 212 Å². The fourth-order valence-electron chi connectivity index (χ4n) is 9.44. The van der Waals surface area contributed by atoms with Crippen LogP contribution in [0.2, 0.25) is 0 Å². The Hall–Kier alpha value is -7.46. The van der Waals surface area contributed by atoms with Crippen molar-refractivity contribution in [3.05, 3.63) is 157 Å². The van der Waals surface area contributed by atoms with E-state index in [0.29, 0.717) is 39.5 Å². The average Bonchev–Trinajstić information content (AvgIpc) is 3.27. The molecule has 4 aromatic carbocycles. The minimum Gasteiger partial charge on any atom is -0.489 e. The first-order chi connectivity index (χ1) is 32.9. The minimum absolute atomic E-state index is 0.0131. The van der Waals surface area contributed by atoms with Gasteiger partial charge in [-0.25, -0.2) is 14.4 Å². The number of ether oxygens (including phenoxy) is 2. The second-order valence-corrected chi connectivity index (χ2v) is 19.4. The molecule has 0 aliphatic carbocycles. The maximum Gasteiger partial charge on any atom is 0.336 e. The molecule has 3 amide bonds. The number of rotatable bonds is 15. The zero-order chi connectivity index (χ0) is 49.3. The van der Waals surface area contributed by atoms with Gasteiger partial charge >= 0.3 is 23.2 Å². The molecule has 3 N–H and O–H groups in total. The van der Waals surface area contributed by atoms with Crippen LogP contribution in [0.1, 0.15) is 66.0 Å². The number of benzene rings is 4. The quantitative estimate of drug-likeness (QED) is 0.0298. The molecule has 2 saturated heterocycles. The summed E-state index contributed by atoms with van der Waals surface area (Å²) >= 11 is 1.35. The number of fused-ring (bicyclic) bond motifs is 3. The Bertz CT molecular complexity index is 3180. The van der Waals surface area contributed by atoms with Gasteiger partial charge in [-0.2, -0.15) is 0 Å². The van der Waals surface area contributed by atoms with Gasteiger partial charge in [0.05, 0.1) is 12.3 Å². The summed E-state index contributed by atoms with van der Waals surface area (Å²) in [6.45, 7) is 11.2. The molecule has 2 fully saturated rings. The number of amides is 3. The first-order valence-corrected chi connectivity index (χ1v) is 23.4. The minimum atomic E-state index is -1.19. The number of esters is 1. The first-order valence-electron chi connectivity index (χ1n) is 22.4. The first kappa shape index (κ1) is 48.0. The fraction of sp³-hybridized carbons (Fsp3) is 0.302. The van der Waals surface area contributed by atoms with Crippen molar-refractivity contribution in [2.45, 2.75) is 83.2 Å². The van der Waals surface area contributed by atoms with Gasteiger partial charge in [-0.15, -0.1) is 11.8 Å². The van der Waals surface area contributed by atoms with Gasteiger partial charge in [0, 0.05) is 69.8 Å². The number of β-lactam (4-membered cyclic amide) rings is 1. The number of nitrogens with zero attached hydrogens (tertiary/aromatic N) is 1. The Balaban J connectivity index is 0.924. The van der Waals surface area contributed by atoms with Gasteiger partial charge in [-0.1, -0.05) is 62.4 Å². The Morgan fingerprint density at radius 2 is 1.52 bits per heavy atom. The molecule has 2 aliphatic heterocycles. The number of carbonyl (C=O) groups excluding carboxylic acids is 4. The van der Waals surface area contributed by atoms with E-state index in [9.17, 15) is 38.7 Å². The number of hydrogen-bond acceptors (Lipinski definition) is 12. The predicted molar refractivity (Wildman–Crippen MR) is 261 cm³/mol. The lowest BCUT2D eigenvalue weighted by molar-refractivity contribution is -0.164. The lowest BCUT2D eigenvalue weighted by Gasteiger charge is -2.54. The number of aliphatic carboxylic acids is 1. The van der Waals surface area contributed by atoms with Crippen molar-refractivity contribution < 1.29 is 47.4 Å². The summed E-state index contributed by atoms with van der Waals surface area (Å²) in [5, 5.41) is 16.9. The average molecular weight is 954 g/mol. The number of carboxylic acids is 1. The fourth-order valence-corrected chi connectivity index (χ4v) is 10.9. The van der Waals surface area contributed by atoms with Gasteiger partial charge in [0.15, 0.2) is 0 Å². The summed E-state index contributed by atoms with van der Waals surface area (Å²) in [5.41, 5.74) is 3.60. The Kier molecular flexibility index (Phi) is 13.7. The van der Waals surface area contributed by atoms with Crippen LogP contribution in [-0.2, 0) is 29.4 Å². The van der Waals surface area contributed by atoms with Gasteiger partial charge < -0.3 is 38.9 Å². The van der Waals surface area contributed by atoms with Crippen molar-refractivity contribution in [3.63, 3.8) is 0 Å². The summed E-state index contributed by atoms with van der Waals surface area (Å²) in [7, 11) is 0. The highest BCUT2D eigenvalue weighted by Crippen LogP contribution is 2.42. The molecule has 2 aromatic heterocycles. The van der Waals surface area contributed by atoms with E-state index in [1.165, 1.54) is 28.8 Å². The number of carbonyl (C=O) groups is 5. The molecule has 6 aromatic rings. The van der Waals surface area contributed by atoms with E-state index in [2.05, 4.69) is 10.6 Å². The summed E-state index contributed by atoms with van der Waals surface area (Å²) in [5.74, 6) is -4.02. The van der Waals surface area contributed by atoms with Gasteiger partial charge in [0.2, 0.25) is 17.7 Å². The standard InChI is InChI=1S/C53H51N3O12S/c1-28-19-31(4)46(53(5,6)26-42(57)54-34-14-16-36-29(2)21-43(58)66-39(36)23-34)41(20-28)68-45(60)25-38(32-11-8-7-9-12-32)49(61)55-47-50(62)56-48(52(63)64)33(27-69-51(47)56)13-10-18-65-35-15-17-37-30(3)22-44(59)67-40(37)24-35/h7-17,19-24,33,38,47-48,51H,18,25-27H2,1-6H3,(H,54,57)(H,55,61)(H,63,64)/b13-10-/t33?,38?,47-,48?,51-/m1/s1. The molecule has 0 saturated carbocycles. The van der Waals surface area contributed by atoms with Crippen LogP contribution in [0.25, 0.3) is 21.9 Å². The lowest BCUT2D eigenvalue weighted by Crippen LogP contribution is -2.75. The normalized spacial score (nSPS) is 18.3. The van der Waals surface area contributed by atoms with Crippen LogP contribution in [0, 0.1) is 33.6 Å². The van der Waals surface area contributed by atoms with Crippen molar-refractivity contribution in [1.29, 1.82) is 0 Å². The number of hydrogen-bond donors (Lipinski definition) is 3. The van der Waals surface area contributed by atoms with Crippen molar-refractivity contribution in [1.82, 2.24) is 10.2 Å². The maximum atomic E-state index is 14.2. The third-order valence-electron chi connectivity index (χ3n) is 12.5. The van der Waals surface area contributed by atoms with Crippen molar-refractivity contribution >= 4 is 69.0 Å². The van der Waals surface area contributed by atoms with Gasteiger partial charge in [0.1, 0.15) is 46.7 Å². The van der Waals surface area contributed by atoms with E-state index in [-0.39, 0.29) is 24.7 Å². The zero-order valence-electron chi connectivity index (χ0n) is 38.8. The summed E-state index contributed by atoms with van der Waals surface area (Å²) in [6, 6.07) is 23.1. The largest absolute Gasteiger partial charge is 0.489 e. The predicted octanol–water partition coefficient (Wildman–Crippen LogP) is 7.62. The molecule has 69 heavy (non-hydrogen) atoms. The van der Waals surface area contributed by atoms with E-state index in [4.69, 9.17) is 18.3 Å². The maximum absolute atomic E-state index is 14.2. The monoisotopic (exact) mass is 953 g/mol. The molecule has 16 heteroatoms. The van der Waals surface area contributed by atoms with Crippen LogP contribution in [-0.4, -0.2) is 69.5 Å². The highest BCUT2D eigenvalue weighted by molar-refractivity contribution is 8.00. The van der Waals surface area contributed by atoms with Crippen LogP contribution in [0.5, 0.6) is 11.5 Å². The van der Waals surface area contributed by atoms with Gasteiger partial charge in [0.25, 0.3) is 0 Å². The Morgan fingerprint density at radius 1 is 0.855 bits per heavy atom. The zero-order valence-corrected chi connectivity index (χ0v) is 39.6. The van der Waals surface area contributed by atoms with E-state index in [1.807, 2.05) is 40.7 Å². The second kappa shape index (κ2) is 19.6. The molecular formula is C53H51N3O12S. The number of carboxylic acid groups (broad SMARTS) is 1. The summed E-state index contributed by atoms with van der Waals surface area (Å²) in [6.07, 6.45) is 2.97. The molecule has 8 rings (SSSR count). The van der Waals surface area contributed by atoms with Crippen molar-refractivity contribution in [3.8, 4) is 11.5 Å². The molecule has 356 valence electrons. The second-order valence-electron chi connectivity index (χ2n) is 18.2. The van der Waals surface area contributed by atoms with E-state index in [0.717, 1.165) is 33.0 Å². The molecule has 0 spiro atoms. The van der Waals surface area contributed by atoms with Gasteiger partial charge in [-0.3, -0.25) is 19.2 Å². The van der Waals surface area contributed by atoms with Gasteiger partial charge in [-0.05, 0) is 85.8 Å². The number of thioether (sulfide) groups is 1. The van der Waals surface area contributed by atoms with Crippen molar-refractivity contribution in [2.24, 2.45) is 5.92 Å². The highest BCUT2D eigenvalue weighted by atomic mass is 32.2. The third kappa shape index (κ3) is 10.4. The molecule has 3 unspecified atom stereocenters. The Labute approximate surface area is 400 Å².